The number of hydrogen-bond acceptors (Lipinski definition) is 3. The highest BCUT2D eigenvalue weighted by molar-refractivity contribution is 6.33. The van der Waals surface area contributed by atoms with Crippen molar-refractivity contribution in [2.75, 3.05) is 6.67 Å². The molecule has 0 amide bonds. The van der Waals surface area contributed by atoms with E-state index in [2.05, 4.69) is 4.99 Å². The molecule has 1 aromatic carbocycles. The second-order valence-electron chi connectivity index (χ2n) is 4.65. The number of benzene rings is 1. The molecule has 3 nitrogen and oxygen atoms in total. The third kappa shape index (κ3) is 1.45. The predicted molar refractivity (Wildman–Crippen MR) is 64.4 cm³/mol. The van der Waals surface area contributed by atoms with Gasteiger partial charge in [0.2, 0.25) is 0 Å². The maximum atomic E-state index is 13.0. The summed E-state index contributed by atoms with van der Waals surface area (Å²) in [6.45, 7) is -0.585. The highest BCUT2D eigenvalue weighted by atomic mass is 19.1. The zero-order chi connectivity index (χ0) is 12.0. The van der Waals surface area contributed by atoms with Crippen molar-refractivity contribution in [3.05, 3.63) is 29.3 Å². The summed E-state index contributed by atoms with van der Waals surface area (Å²) >= 11 is 0. The second kappa shape index (κ2) is 3.49. The summed E-state index contributed by atoms with van der Waals surface area (Å²) in [6.07, 6.45) is 0.654. The minimum Gasteiger partial charge on any atom is -0.457 e. The lowest BCUT2D eigenvalue weighted by Crippen LogP contribution is -2.41. The largest absolute Gasteiger partial charge is 0.457 e. The minimum absolute atomic E-state index is 0.0824. The Morgan fingerprint density at radius 1 is 1.53 bits per heavy atom. The molecule has 0 aromatic heterocycles. The Morgan fingerprint density at radius 3 is 3.06 bits per heavy atom. The molecule has 1 aliphatic heterocycles. The molecule has 1 heterocycles. The van der Waals surface area contributed by atoms with Gasteiger partial charge in [-0.15, -0.1) is 0 Å². The highest BCUT2D eigenvalue weighted by Gasteiger charge is 2.49. The van der Waals surface area contributed by atoms with Crippen molar-refractivity contribution in [1.82, 2.24) is 0 Å². The van der Waals surface area contributed by atoms with Crippen LogP contribution < -0.4 is 11.2 Å². The van der Waals surface area contributed by atoms with E-state index in [9.17, 15) is 4.39 Å². The number of nitrogens with two attached hydrogens (primary N) is 1. The number of rotatable bonds is 1. The van der Waals surface area contributed by atoms with Gasteiger partial charge in [0.1, 0.15) is 20.1 Å². The highest BCUT2D eigenvalue weighted by Crippen LogP contribution is 2.39. The van der Waals surface area contributed by atoms with Gasteiger partial charge in [0.15, 0.2) is 6.10 Å². The molecule has 5 heteroatoms. The normalized spacial score (nSPS) is 30.2. The first kappa shape index (κ1) is 10.6. The number of halogens is 1. The molecule has 2 atom stereocenters. The van der Waals surface area contributed by atoms with E-state index < -0.39 is 18.3 Å². The van der Waals surface area contributed by atoms with Gasteiger partial charge >= 0.3 is 0 Å². The standard InChI is InChI=1S/C12H12BFN2O/c13-9-3-1-2-7-4-12(5-8(7)9)10(6-14)17-11(15)16-12/h1-3,10H,4-6H2,(H2,15,16). The fourth-order valence-electron chi connectivity index (χ4n) is 2.79. The van der Waals surface area contributed by atoms with Crippen molar-refractivity contribution in [1.29, 1.82) is 0 Å². The van der Waals surface area contributed by atoms with Crippen LogP contribution in [-0.4, -0.2) is 32.2 Å². The van der Waals surface area contributed by atoms with E-state index in [-0.39, 0.29) is 6.02 Å². The number of aliphatic imine (C=N–C) groups is 1. The zero-order valence-electron chi connectivity index (χ0n) is 9.32. The minimum atomic E-state index is -0.589. The third-order valence-electron chi connectivity index (χ3n) is 3.62. The average molecular weight is 230 g/mol. The molecule has 3 rings (SSSR count). The van der Waals surface area contributed by atoms with Gasteiger partial charge in [0.05, 0.1) is 0 Å². The lowest BCUT2D eigenvalue weighted by molar-refractivity contribution is 0.109. The number of hydrogen-bond donors (Lipinski definition) is 1. The monoisotopic (exact) mass is 230 g/mol. The van der Waals surface area contributed by atoms with Gasteiger partial charge in [-0.3, -0.25) is 0 Å². The zero-order valence-corrected chi connectivity index (χ0v) is 9.32. The molecule has 1 aromatic rings. The van der Waals surface area contributed by atoms with Gasteiger partial charge in [-0.2, -0.15) is 0 Å². The van der Waals surface area contributed by atoms with Crippen LogP contribution in [0.1, 0.15) is 11.1 Å². The van der Waals surface area contributed by atoms with Gasteiger partial charge < -0.3 is 10.5 Å². The van der Waals surface area contributed by atoms with Crippen LogP contribution in [0, 0.1) is 0 Å². The maximum absolute atomic E-state index is 13.0. The molecule has 2 N–H and O–H groups in total. The van der Waals surface area contributed by atoms with Crippen molar-refractivity contribution >= 4 is 19.3 Å². The van der Waals surface area contributed by atoms with Gasteiger partial charge in [-0.1, -0.05) is 23.7 Å². The summed E-state index contributed by atoms with van der Waals surface area (Å²) in [5.41, 5.74) is 7.87. The van der Waals surface area contributed by atoms with Gasteiger partial charge in [0.25, 0.3) is 6.02 Å². The Kier molecular flexibility index (Phi) is 2.18. The van der Waals surface area contributed by atoms with Crippen molar-refractivity contribution in [3.63, 3.8) is 0 Å². The van der Waals surface area contributed by atoms with Crippen molar-refractivity contribution in [2.45, 2.75) is 24.5 Å². The van der Waals surface area contributed by atoms with Crippen molar-refractivity contribution in [2.24, 2.45) is 10.7 Å². The Hall–Kier alpha value is -1.52. The molecule has 86 valence electrons. The van der Waals surface area contributed by atoms with Crippen LogP contribution in [0.25, 0.3) is 0 Å². The van der Waals surface area contributed by atoms with E-state index in [1.807, 2.05) is 18.2 Å². The number of ether oxygens (including phenoxy) is 1. The molecular formula is C12H12BFN2O. The first-order chi connectivity index (χ1) is 8.14. The van der Waals surface area contributed by atoms with E-state index in [0.717, 1.165) is 16.6 Å². The quantitative estimate of drug-likeness (QED) is 0.690. The van der Waals surface area contributed by atoms with Crippen molar-refractivity contribution < 1.29 is 9.13 Å². The Labute approximate surface area is 100 Å². The van der Waals surface area contributed by atoms with Crippen LogP contribution in [-0.2, 0) is 17.6 Å². The average Bonchev–Trinajstić information content (AvgIpc) is 2.80. The molecule has 17 heavy (non-hydrogen) atoms. The molecule has 1 spiro atoms. The Morgan fingerprint density at radius 2 is 2.35 bits per heavy atom. The fraction of sp³-hybridized carbons (Fsp3) is 0.417. The first-order valence-electron chi connectivity index (χ1n) is 5.59. The van der Waals surface area contributed by atoms with Gasteiger partial charge in [-0.25, -0.2) is 9.38 Å². The van der Waals surface area contributed by atoms with Crippen LogP contribution in [0.5, 0.6) is 0 Å². The number of nitrogens with zero attached hydrogens (tertiary/aromatic N) is 1. The Bertz CT molecular complexity index is 505. The molecule has 0 fully saturated rings. The van der Waals surface area contributed by atoms with Gasteiger partial charge in [-0.05, 0) is 11.1 Å². The topological polar surface area (TPSA) is 47.6 Å². The summed E-state index contributed by atoms with van der Waals surface area (Å²) in [7, 11) is 5.93. The first-order valence-corrected chi connectivity index (χ1v) is 5.59. The van der Waals surface area contributed by atoms with Crippen LogP contribution in [0.2, 0.25) is 0 Å². The van der Waals surface area contributed by atoms with E-state index in [1.165, 1.54) is 0 Å². The van der Waals surface area contributed by atoms with E-state index in [1.54, 1.807) is 0 Å². The molecular weight excluding hydrogens is 218 g/mol. The summed E-state index contributed by atoms with van der Waals surface area (Å²) in [4.78, 5) is 4.30. The van der Waals surface area contributed by atoms with E-state index in [4.69, 9.17) is 18.3 Å². The molecule has 1 aliphatic carbocycles. The molecule has 2 radical (unpaired) electrons. The Balaban J connectivity index is 2.02. The maximum Gasteiger partial charge on any atom is 0.283 e. The summed E-state index contributed by atoms with van der Waals surface area (Å²) in [5.74, 6) is 0. The lowest BCUT2D eigenvalue weighted by Gasteiger charge is -2.24. The summed E-state index contributed by atoms with van der Waals surface area (Å²) in [5, 5.41) is 0. The lowest BCUT2D eigenvalue weighted by atomic mass is 9.86. The number of fused-ring (bicyclic) bond motifs is 1. The SMILES string of the molecule is [B]c1cccc2c1CC1(C2)N=C(N)OC1CF. The van der Waals surface area contributed by atoms with Crippen LogP contribution in [0.4, 0.5) is 4.39 Å². The van der Waals surface area contributed by atoms with Crippen LogP contribution >= 0.6 is 0 Å². The predicted octanol–water partition coefficient (Wildman–Crippen LogP) is 0.000800. The molecule has 2 aliphatic rings. The van der Waals surface area contributed by atoms with E-state index >= 15 is 0 Å². The van der Waals surface area contributed by atoms with E-state index in [0.29, 0.717) is 12.8 Å². The number of amidine groups is 1. The molecule has 2 unspecified atom stereocenters. The third-order valence-corrected chi connectivity index (χ3v) is 3.62. The molecule has 0 bridgehead atoms. The molecule has 0 saturated carbocycles. The van der Waals surface area contributed by atoms with Gasteiger partial charge in [0, 0.05) is 12.8 Å². The smallest absolute Gasteiger partial charge is 0.283 e. The summed E-state index contributed by atoms with van der Waals surface area (Å²) < 4.78 is 18.2. The van der Waals surface area contributed by atoms with Crippen LogP contribution in [0.3, 0.4) is 0 Å². The fourth-order valence-corrected chi connectivity index (χ4v) is 2.79. The van der Waals surface area contributed by atoms with Crippen molar-refractivity contribution in [3.8, 4) is 0 Å². The molecule has 0 saturated heterocycles. The second-order valence-corrected chi connectivity index (χ2v) is 4.65. The number of alkyl halides is 1. The van der Waals surface area contributed by atoms with Crippen LogP contribution in [0.15, 0.2) is 23.2 Å². The summed E-state index contributed by atoms with van der Waals surface area (Å²) in [6, 6.07) is 5.84.